The molecular weight excluding hydrogens is 142 g/mol. The maximum Gasteiger partial charge on any atom is 0.157 e. The van der Waals surface area contributed by atoms with Gasteiger partial charge in [-0.1, -0.05) is 6.07 Å². The highest BCUT2D eigenvalue weighted by Crippen LogP contribution is 2.24. The van der Waals surface area contributed by atoms with E-state index >= 15 is 0 Å². The minimum Gasteiger partial charge on any atom is -0.504 e. The molecule has 0 fully saturated rings. The molecule has 0 atom stereocenters. The summed E-state index contributed by atoms with van der Waals surface area (Å²) in [4.78, 5) is 0. The molecule has 1 rings (SSSR count). The van der Waals surface area contributed by atoms with Crippen LogP contribution in [0.4, 0.5) is 0 Å². The Morgan fingerprint density at radius 3 is 2.45 bits per heavy atom. The van der Waals surface area contributed by atoms with Crippen LogP contribution in [0.25, 0.3) is 6.08 Å². The molecule has 0 bridgehead atoms. The van der Waals surface area contributed by atoms with Crippen LogP contribution in [0.15, 0.2) is 24.4 Å². The average Bonchev–Trinajstić information content (AvgIpc) is 1.98. The van der Waals surface area contributed by atoms with Crippen molar-refractivity contribution >= 4 is 6.08 Å². The van der Waals surface area contributed by atoms with Gasteiger partial charge in [-0.2, -0.15) is 0 Å². The van der Waals surface area contributed by atoms with Crippen molar-refractivity contribution in [3.8, 4) is 11.5 Å². The molecule has 1 aromatic rings. The second-order valence-corrected chi connectivity index (χ2v) is 2.11. The molecule has 0 spiro atoms. The maximum absolute atomic E-state index is 9.00. The summed E-state index contributed by atoms with van der Waals surface area (Å²) in [5, 5.41) is 17.9. The van der Waals surface area contributed by atoms with Gasteiger partial charge in [-0.15, -0.1) is 0 Å². The molecule has 0 aliphatic heterocycles. The van der Waals surface area contributed by atoms with Crippen LogP contribution >= 0.6 is 0 Å². The van der Waals surface area contributed by atoms with Gasteiger partial charge in [0.2, 0.25) is 0 Å². The van der Waals surface area contributed by atoms with E-state index < -0.39 is 0 Å². The van der Waals surface area contributed by atoms with Gasteiger partial charge in [0.1, 0.15) is 0 Å². The van der Waals surface area contributed by atoms with Crippen LogP contribution in [-0.4, -0.2) is 10.2 Å². The molecule has 0 unspecified atom stereocenters. The number of benzene rings is 1. The summed E-state index contributed by atoms with van der Waals surface area (Å²) in [5.74, 6) is -0.264. The third-order valence-corrected chi connectivity index (χ3v) is 1.29. The first-order valence-electron chi connectivity index (χ1n) is 3.14. The Bertz CT molecular complexity index is 281. The zero-order chi connectivity index (χ0) is 8.27. The second-order valence-electron chi connectivity index (χ2n) is 2.11. The third kappa shape index (κ3) is 1.64. The van der Waals surface area contributed by atoms with Crippen molar-refractivity contribution in [3.63, 3.8) is 0 Å². The van der Waals surface area contributed by atoms with Gasteiger partial charge in [0.15, 0.2) is 11.5 Å². The summed E-state index contributed by atoms with van der Waals surface area (Å²) >= 11 is 0. The fourth-order valence-electron chi connectivity index (χ4n) is 0.755. The summed E-state index contributed by atoms with van der Waals surface area (Å²) in [6.07, 6.45) is 2.99. The number of phenolic OH excluding ortho intramolecular Hbond substituents is 2. The number of hydrogen-bond donors (Lipinski definition) is 3. The fraction of sp³-hybridized carbons (Fsp3) is 0. The van der Waals surface area contributed by atoms with Crippen molar-refractivity contribution in [2.45, 2.75) is 0 Å². The van der Waals surface area contributed by atoms with Gasteiger partial charge in [0, 0.05) is 0 Å². The monoisotopic (exact) mass is 151 g/mol. The van der Waals surface area contributed by atoms with E-state index in [1.54, 1.807) is 12.1 Å². The summed E-state index contributed by atoms with van der Waals surface area (Å²) in [6, 6.07) is 4.49. The van der Waals surface area contributed by atoms with Gasteiger partial charge in [-0.3, -0.25) is 0 Å². The Morgan fingerprint density at radius 2 is 1.91 bits per heavy atom. The topological polar surface area (TPSA) is 66.5 Å². The zero-order valence-corrected chi connectivity index (χ0v) is 5.86. The smallest absolute Gasteiger partial charge is 0.157 e. The number of nitrogens with two attached hydrogens (primary N) is 1. The first-order valence-corrected chi connectivity index (χ1v) is 3.14. The van der Waals surface area contributed by atoms with Gasteiger partial charge in [0.05, 0.1) is 0 Å². The van der Waals surface area contributed by atoms with Crippen molar-refractivity contribution in [1.82, 2.24) is 0 Å². The molecule has 3 heteroatoms. The van der Waals surface area contributed by atoms with Crippen LogP contribution in [-0.2, 0) is 0 Å². The molecule has 0 saturated heterocycles. The molecule has 0 radical (unpaired) electrons. The third-order valence-electron chi connectivity index (χ3n) is 1.29. The van der Waals surface area contributed by atoms with Crippen molar-refractivity contribution < 1.29 is 10.2 Å². The van der Waals surface area contributed by atoms with E-state index in [1.165, 1.54) is 18.3 Å². The Labute approximate surface area is 64.4 Å². The number of phenols is 2. The van der Waals surface area contributed by atoms with Gasteiger partial charge in [0.25, 0.3) is 0 Å². The predicted molar refractivity (Wildman–Crippen MR) is 43.0 cm³/mol. The molecule has 58 valence electrons. The number of rotatable bonds is 1. The van der Waals surface area contributed by atoms with Crippen LogP contribution in [0.3, 0.4) is 0 Å². The molecule has 0 aliphatic carbocycles. The van der Waals surface area contributed by atoms with Crippen LogP contribution in [0.1, 0.15) is 5.56 Å². The molecule has 0 amide bonds. The lowest BCUT2D eigenvalue weighted by Crippen LogP contribution is -1.77. The lowest BCUT2D eigenvalue weighted by Gasteiger charge is -1.97. The van der Waals surface area contributed by atoms with E-state index in [1.807, 2.05) is 0 Å². The van der Waals surface area contributed by atoms with Crippen molar-refractivity contribution in [1.29, 1.82) is 0 Å². The van der Waals surface area contributed by atoms with E-state index in [0.29, 0.717) is 0 Å². The molecule has 0 aliphatic rings. The minimum absolute atomic E-state index is 0.126. The summed E-state index contributed by atoms with van der Waals surface area (Å²) in [6.45, 7) is 0. The van der Waals surface area contributed by atoms with Crippen LogP contribution in [0.5, 0.6) is 11.5 Å². The largest absolute Gasteiger partial charge is 0.504 e. The lowest BCUT2D eigenvalue weighted by atomic mass is 10.2. The van der Waals surface area contributed by atoms with E-state index in [-0.39, 0.29) is 11.5 Å². The lowest BCUT2D eigenvalue weighted by molar-refractivity contribution is 0.403. The van der Waals surface area contributed by atoms with Crippen molar-refractivity contribution in [2.75, 3.05) is 0 Å². The van der Waals surface area contributed by atoms with Crippen LogP contribution in [0.2, 0.25) is 0 Å². The average molecular weight is 151 g/mol. The highest BCUT2D eigenvalue weighted by Gasteiger charge is 1.96. The molecule has 1 aromatic carbocycles. The first-order chi connectivity index (χ1) is 5.24. The molecule has 0 heterocycles. The Hall–Kier alpha value is -1.64. The molecule has 0 saturated carbocycles. The molecule has 3 nitrogen and oxygen atoms in total. The quantitative estimate of drug-likeness (QED) is 0.525. The minimum atomic E-state index is -0.138. The summed E-state index contributed by atoms with van der Waals surface area (Å²) in [7, 11) is 0. The fourth-order valence-corrected chi connectivity index (χ4v) is 0.755. The van der Waals surface area contributed by atoms with Crippen LogP contribution in [0, 0.1) is 0 Å². The number of aromatic hydroxyl groups is 2. The van der Waals surface area contributed by atoms with E-state index in [0.717, 1.165) is 5.56 Å². The standard InChI is InChI=1S/C8H9NO2/c9-4-3-6-1-2-7(10)8(11)5-6/h1-5,10-11H,9H2/b4-3+. The van der Waals surface area contributed by atoms with Gasteiger partial charge < -0.3 is 15.9 Å². The second kappa shape index (κ2) is 2.96. The predicted octanol–water partition coefficient (Wildman–Crippen LogP) is 1.03. The Morgan fingerprint density at radius 1 is 1.18 bits per heavy atom. The Kier molecular flexibility index (Phi) is 2.01. The normalized spacial score (nSPS) is 10.5. The van der Waals surface area contributed by atoms with Crippen molar-refractivity contribution in [3.05, 3.63) is 30.0 Å². The summed E-state index contributed by atoms with van der Waals surface area (Å²) in [5.41, 5.74) is 5.88. The Balaban J connectivity index is 3.05. The van der Waals surface area contributed by atoms with Gasteiger partial charge in [-0.05, 0) is 30.0 Å². The van der Waals surface area contributed by atoms with E-state index in [9.17, 15) is 0 Å². The zero-order valence-electron chi connectivity index (χ0n) is 5.86. The summed E-state index contributed by atoms with van der Waals surface area (Å²) < 4.78 is 0. The van der Waals surface area contributed by atoms with E-state index in [4.69, 9.17) is 15.9 Å². The van der Waals surface area contributed by atoms with Crippen molar-refractivity contribution in [2.24, 2.45) is 5.73 Å². The molecular formula is C8H9NO2. The highest BCUT2D eigenvalue weighted by molar-refractivity contribution is 5.54. The number of hydrogen-bond acceptors (Lipinski definition) is 3. The highest BCUT2D eigenvalue weighted by atomic mass is 16.3. The first kappa shape index (κ1) is 7.47. The SMILES string of the molecule is N/C=C/c1ccc(O)c(O)c1. The molecule has 11 heavy (non-hydrogen) atoms. The van der Waals surface area contributed by atoms with E-state index in [2.05, 4.69) is 0 Å². The molecule has 0 aromatic heterocycles. The maximum atomic E-state index is 9.00. The molecule has 4 N–H and O–H groups in total. The van der Waals surface area contributed by atoms with Crippen LogP contribution < -0.4 is 5.73 Å². The van der Waals surface area contributed by atoms with Gasteiger partial charge in [-0.25, -0.2) is 0 Å². The van der Waals surface area contributed by atoms with Gasteiger partial charge >= 0.3 is 0 Å².